The highest BCUT2D eigenvalue weighted by atomic mass is 16.7. The number of rotatable bonds is 3. The minimum absolute atomic E-state index is 0.778. The quantitative estimate of drug-likeness (QED) is 0.452. The molecule has 1 fully saturated rings. The first-order valence-electron chi connectivity index (χ1n) is 5.71. The van der Waals surface area contributed by atoms with Crippen molar-refractivity contribution < 1.29 is 43.5 Å². The number of esters is 3. The summed E-state index contributed by atoms with van der Waals surface area (Å²) in [7, 11) is 1.06. The maximum absolute atomic E-state index is 11.4. The Morgan fingerprint density at radius 2 is 1.55 bits per heavy atom. The predicted octanol–water partition coefficient (Wildman–Crippen LogP) is -1.90. The van der Waals surface area contributed by atoms with Crippen molar-refractivity contribution >= 4 is 17.9 Å². The molecule has 0 aliphatic carbocycles. The second-order valence-electron chi connectivity index (χ2n) is 4.11. The first-order chi connectivity index (χ1) is 9.27. The summed E-state index contributed by atoms with van der Waals surface area (Å²) in [4.78, 5) is 33.4. The zero-order chi connectivity index (χ0) is 15.4. The molecular weight excluding hydrogens is 276 g/mol. The molecule has 5 atom stereocenters. The fourth-order valence-corrected chi connectivity index (χ4v) is 1.72. The highest BCUT2D eigenvalue weighted by Crippen LogP contribution is 2.25. The van der Waals surface area contributed by atoms with Gasteiger partial charge in [-0.2, -0.15) is 0 Å². The van der Waals surface area contributed by atoms with Gasteiger partial charge in [-0.05, 0) is 0 Å². The molecule has 1 saturated heterocycles. The van der Waals surface area contributed by atoms with Crippen LogP contribution in [0.4, 0.5) is 0 Å². The number of hydrogen-bond acceptors (Lipinski definition) is 9. The molecule has 0 aromatic heterocycles. The van der Waals surface area contributed by atoms with Gasteiger partial charge in [-0.1, -0.05) is 0 Å². The number of carbonyl (C=O) groups is 3. The molecule has 0 bridgehead atoms. The summed E-state index contributed by atoms with van der Waals surface area (Å²) < 4.78 is 18.9. The molecule has 0 spiro atoms. The van der Waals surface area contributed by atoms with E-state index in [1.54, 1.807) is 0 Å². The molecule has 1 aliphatic heterocycles. The first-order valence-corrected chi connectivity index (χ1v) is 5.71. The third-order valence-corrected chi connectivity index (χ3v) is 2.56. The monoisotopic (exact) mass is 292 g/mol. The van der Waals surface area contributed by atoms with Crippen molar-refractivity contribution in [3.8, 4) is 0 Å². The molecule has 9 heteroatoms. The van der Waals surface area contributed by atoms with Gasteiger partial charge in [-0.15, -0.1) is 0 Å². The summed E-state index contributed by atoms with van der Waals surface area (Å²) in [5.41, 5.74) is 0. The average molecular weight is 292 g/mol. The summed E-state index contributed by atoms with van der Waals surface area (Å²) in [6, 6.07) is 0. The van der Waals surface area contributed by atoms with Gasteiger partial charge in [-0.3, -0.25) is 9.59 Å². The van der Waals surface area contributed by atoms with Crippen molar-refractivity contribution in [1.82, 2.24) is 0 Å². The lowest BCUT2D eigenvalue weighted by atomic mass is 9.98. The maximum atomic E-state index is 11.4. The van der Waals surface area contributed by atoms with Crippen LogP contribution in [0.15, 0.2) is 0 Å². The molecule has 20 heavy (non-hydrogen) atoms. The van der Waals surface area contributed by atoms with E-state index in [4.69, 9.17) is 14.2 Å². The van der Waals surface area contributed by atoms with Crippen molar-refractivity contribution in [2.45, 2.75) is 44.6 Å². The maximum Gasteiger partial charge on any atom is 0.337 e. The van der Waals surface area contributed by atoms with E-state index < -0.39 is 48.6 Å². The molecule has 2 N–H and O–H groups in total. The largest absolute Gasteiger partial charge is 0.467 e. The fraction of sp³-hybridized carbons (Fsp3) is 0.727. The van der Waals surface area contributed by atoms with Crippen molar-refractivity contribution in [3.63, 3.8) is 0 Å². The molecule has 1 rings (SSSR count). The van der Waals surface area contributed by atoms with Gasteiger partial charge >= 0.3 is 17.9 Å². The van der Waals surface area contributed by atoms with Gasteiger partial charge in [0.15, 0.2) is 12.2 Å². The van der Waals surface area contributed by atoms with Gasteiger partial charge in [0.2, 0.25) is 6.29 Å². The normalized spacial score (nSPS) is 33.1. The van der Waals surface area contributed by atoms with E-state index in [0.717, 1.165) is 21.0 Å². The van der Waals surface area contributed by atoms with E-state index in [9.17, 15) is 24.6 Å². The van der Waals surface area contributed by atoms with Gasteiger partial charge < -0.3 is 29.2 Å². The topological polar surface area (TPSA) is 129 Å². The fourth-order valence-electron chi connectivity index (χ4n) is 1.72. The van der Waals surface area contributed by atoms with Crippen LogP contribution in [0.5, 0.6) is 0 Å². The van der Waals surface area contributed by atoms with E-state index in [2.05, 4.69) is 4.74 Å². The number of carbonyl (C=O) groups excluding carboxylic acids is 3. The second kappa shape index (κ2) is 6.64. The lowest BCUT2D eigenvalue weighted by molar-refractivity contribution is -0.289. The number of hydrogen-bond donors (Lipinski definition) is 2. The second-order valence-corrected chi connectivity index (χ2v) is 4.11. The predicted molar refractivity (Wildman–Crippen MR) is 60.0 cm³/mol. The third kappa shape index (κ3) is 3.65. The summed E-state index contributed by atoms with van der Waals surface area (Å²) in [5.74, 6) is -2.52. The Morgan fingerprint density at radius 3 is 2.00 bits per heavy atom. The lowest BCUT2D eigenvalue weighted by Crippen LogP contribution is -2.61. The lowest BCUT2D eigenvalue weighted by Gasteiger charge is -2.39. The number of methoxy groups -OCH3 is 1. The number of ether oxygens (including phenoxy) is 4. The van der Waals surface area contributed by atoms with Crippen molar-refractivity contribution in [2.75, 3.05) is 7.11 Å². The molecule has 9 nitrogen and oxygen atoms in total. The van der Waals surface area contributed by atoms with Crippen LogP contribution in [0, 0.1) is 0 Å². The number of aliphatic hydroxyl groups excluding tert-OH is 2. The Labute approximate surface area is 114 Å². The van der Waals surface area contributed by atoms with E-state index in [0.29, 0.717) is 0 Å². The van der Waals surface area contributed by atoms with Gasteiger partial charge in [0.1, 0.15) is 12.2 Å². The first kappa shape index (κ1) is 16.3. The van der Waals surface area contributed by atoms with E-state index in [1.165, 1.54) is 0 Å². The zero-order valence-corrected chi connectivity index (χ0v) is 11.1. The minimum atomic E-state index is -1.70. The Balaban J connectivity index is 2.97. The van der Waals surface area contributed by atoms with E-state index in [1.807, 2.05) is 0 Å². The molecule has 0 amide bonds. The standard InChI is InChI=1S/C11H16O9/c1-4(12)18-9-7(15)6(14)8(10(16)17-3)20-11(9)19-5(2)13/h6-9,11,14-15H,1-3H3. The molecule has 114 valence electrons. The zero-order valence-electron chi connectivity index (χ0n) is 11.1. The molecule has 1 heterocycles. The van der Waals surface area contributed by atoms with E-state index >= 15 is 0 Å². The Bertz CT molecular complexity index is 393. The van der Waals surface area contributed by atoms with Crippen LogP contribution in [-0.2, 0) is 33.3 Å². The third-order valence-electron chi connectivity index (χ3n) is 2.56. The van der Waals surface area contributed by atoms with Gasteiger partial charge in [0.05, 0.1) is 7.11 Å². The molecule has 0 radical (unpaired) electrons. The minimum Gasteiger partial charge on any atom is -0.467 e. The Hall–Kier alpha value is -1.71. The Kier molecular flexibility index (Phi) is 5.43. The SMILES string of the molecule is COC(=O)C1OC(OC(C)=O)C(OC(C)=O)C(O)C1O. The summed E-state index contributed by atoms with van der Waals surface area (Å²) in [6.45, 7) is 2.13. The van der Waals surface area contributed by atoms with Gasteiger partial charge in [0, 0.05) is 13.8 Å². The van der Waals surface area contributed by atoms with Crippen LogP contribution in [0.1, 0.15) is 13.8 Å². The van der Waals surface area contributed by atoms with Crippen molar-refractivity contribution in [1.29, 1.82) is 0 Å². The average Bonchev–Trinajstić information content (AvgIpc) is 2.36. The van der Waals surface area contributed by atoms with Crippen molar-refractivity contribution in [3.05, 3.63) is 0 Å². The highest BCUT2D eigenvalue weighted by molar-refractivity contribution is 5.75. The number of aliphatic hydroxyl groups is 2. The van der Waals surface area contributed by atoms with Gasteiger partial charge in [0.25, 0.3) is 0 Å². The van der Waals surface area contributed by atoms with Crippen LogP contribution in [0.3, 0.4) is 0 Å². The molecule has 0 aromatic carbocycles. The summed E-state index contributed by atoms with van der Waals surface area (Å²) >= 11 is 0. The van der Waals surface area contributed by atoms with Crippen LogP contribution >= 0.6 is 0 Å². The summed E-state index contributed by atoms with van der Waals surface area (Å²) in [6.07, 6.45) is -7.92. The Morgan fingerprint density at radius 1 is 1.00 bits per heavy atom. The smallest absolute Gasteiger partial charge is 0.337 e. The molecule has 1 aliphatic rings. The molecular formula is C11H16O9. The van der Waals surface area contributed by atoms with Crippen LogP contribution in [0.2, 0.25) is 0 Å². The van der Waals surface area contributed by atoms with Crippen LogP contribution in [-0.4, -0.2) is 65.9 Å². The molecule has 5 unspecified atom stereocenters. The molecule has 0 aromatic rings. The summed E-state index contributed by atoms with van der Waals surface area (Å²) in [5, 5.41) is 19.6. The van der Waals surface area contributed by atoms with Gasteiger partial charge in [-0.25, -0.2) is 4.79 Å². The van der Waals surface area contributed by atoms with Crippen molar-refractivity contribution in [2.24, 2.45) is 0 Å². The van der Waals surface area contributed by atoms with Crippen LogP contribution in [0.25, 0.3) is 0 Å². The highest BCUT2D eigenvalue weighted by Gasteiger charge is 2.51. The van der Waals surface area contributed by atoms with E-state index in [-0.39, 0.29) is 0 Å². The van der Waals surface area contributed by atoms with Crippen LogP contribution < -0.4 is 0 Å². The molecule has 0 saturated carbocycles.